The van der Waals surface area contributed by atoms with Crippen molar-refractivity contribution in [1.29, 1.82) is 5.26 Å². The molecule has 114 valence electrons. The standard InChI is InChI=1S/C18H10FN5/c19-14-4-2-1-3-13(14)15-9-16-18(24-21-15)17(23-22-16)12-7-5-11(10-20)6-8-12/h1-9H,(H,22,23). The van der Waals surface area contributed by atoms with Crippen LogP contribution in [0.15, 0.2) is 54.6 Å². The molecule has 0 aliphatic carbocycles. The van der Waals surface area contributed by atoms with Crippen LogP contribution in [0, 0.1) is 17.1 Å². The van der Waals surface area contributed by atoms with E-state index in [4.69, 9.17) is 5.26 Å². The molecule has 0 unspecified atom stereocenters. The monoisotopic (exact) mass is 315 g/mol. The predicted molar refractivity (Wildman–Crippen MR) is 87.2 cm³/mol. The van der Waals surface area contributed by atoms with E-state index in [-0.39, 0.29) is 5.82 Å². The lowest BCUT2D eigenvalue weighted by Gasteiger charge is -2.01. The smallest absolute Gasteiger partial charge is 0.139 e. The van der Waals surface area contributed by atoms with Crippen LogP contribution in [0.5, 0.6) is 0 Å². The second-order valence-corrected chi connectivity index (χ2v) is 5.23. The van der Waals surface area contributed by atoms with Gasteiger partial charge in [-0.15, -0.1) is 10.2 Å². The number of halogens is 1. The highest BCUT2D eigenvalue weighted by Gasteiger charge is 2.13. The Kier molecular flexibility index (Phi) is 3.25. The maximum absolute atomic E-state index is 13.9. The van der Waals surface area contributed by atoms with Crippen LogP contribution in [0.1, 0.15) is 5.56 Å². The molecule has 6 heteroatoms. The molecule has 0 radical (unpaired) electrons. The third kappa shape index (κ3) is 2.29. The van der Waals surface area contributed by atoms with Crippen molar-refractivity contribution in [1.82, 2.24) is 20.4 Å². The van der Waals surface area contributed by atoms with E-state index in [0.717, 1.165) is 5.56 Å². The highest BCUT2D eigenvalue weighted by Crippen LogP contribution is 2.27. The predicted octanol–water partition coefficient (Wildman–Crippen LogP) is 3.70. The summed E-state index contributed by atoms with van der Waals surface area (Å²) >= 11 is 0. The van der Waals surface area contributed by atoms with Crippen LogP contribution in [0.3, 0.4) is 0 Å². The number of aromatic amines is 1. The normalized spacial score (nSPS) is 10.7. The molecule has 5 nitrogen and oxygen atoms in total. The molecule has 0 atom stereocenters. The Morgan fingerprint density at radius 1 is 1.00 bits per heavy atom. The first-order chi connectivity index (χ1) is 11.8. The van der Waals surface area contributed by atoms with Crippen LogP contribution in [-0.2, 0) is 0 Å². The average Bonchev–Trinajstić information content (AvgIpc) is 3.05. The Bertz CT molecular complexity index is 1080. The molecule has 0 amide bonds. The van der Waals surface area contributed by atoms with Gasteiger partial charge in [0.15, 0.2) is 0 Å². The lowest BCUT2D eigenvalue weighted by atomic mass is 10.1. The van der Waals surface area contributed by atoms with Crippen LogP contribution < -0.4 is 0 Å². The highest BCUT2D eigenvalue weighted by molar-refractivity contribution is 5.90. The van der Waals surface area contributed by atoms with Gasteiger partial charge in [-0.3, -0.25) is 5.10 Å². The van der Waals surface area contributed by atoms with Crippen LogP contribution in [0.2, 0.25) is 0 Å². The molecule has 4 rings (SSSR count). The fourth-order valence-electron chi connectivity index (χ4n) is 2.53. The maximum Gasteiger partial charge on any atom is 0.139 e. The number of nitriles is 1. The molecule has 0 saturated carbocycles. The summed E-state index contributed by atoms with van der Waals surface area (Å²) in [5.41, 5.74) is 4.14. The zero-order chi connectivity index (χ0) is 16.5. The molecule has 0 spiro atoms. The number of nitrogens with zero attached hydrogens (tertiary/aromatic N) is 4. The molecule has 4 aromatic rings. The Labute approximate surface area is 136 Å². The molecular weight excluding hydrogens is 305 g/mol. The van der Waals surface area contributed by atoms with Gasteiger partial charge >= 0.3 is 0 Å². The average molecular weight is 315 g/mol. The van der Waals surface area contributed by atoms with Gasteiger partial charge in [0, 0.05) is 11.1 Å². The van der Waals surface area contributed by atoms with E-state index in [0.29, 0.717) is 33.5 Å². The van der Waals surface area contributed by atoms with E-state index in [2.05, 4.69) is 26.5 Å². The van der Waals surface area contributed by atoms with Gasteiger partial charge in [-0.1, -0.05) is 24.3 Å². The Morgan fingerprint density at radius 3 is 2.54 bits per heavy atom. The molecule has 0 bridgehead atoms. The van der Waals surface area contributed by atoms with Gasteiger partial charge in [-0.05, 0) is 30.3 Å². The van der Waals surface area contributed by atoms with Crippen molar-refractivity contribution >= 4 is 11.0 Å². The lowest BCUT2D eigenvalue weighted by molar-refractivity contribution is 0.630. The first kappa shape index (κ1) is 14.0. The quantitative estimate of drug-likeness (QED) is 0.612. The summed E-state index contributed by atoms with van der Waals surface area (Å²) in [6.45, 7) is 0. The van der Waals surface area contributed by atoms with Crippen molar-refractivity contribution in [3.05, 3.63) is 66.0 Å². The Balaban J connectivity index is 1.81. The largest absolute Gasteiger partial charge is 0.275 e. The summed E-state index contributed by atoms with van der Waals surface area (Å²) in [6.07, 6.45) is 0. The minimum atomic E-state index is -0.349. The summed E-state index contributed by atoms with van der Waals surface area (Å²) in [5.74, 6) is -0.349. The number of benzene rings is 2. The van der Waals surface area contributed by atoms with Crippen LogP contribution in [0.25, 0.3) is 33.5 Å². The second-order valence-electron chi connectivity index (χ2n) is 5.23. The molecule has 0 aliphatic heterocycles. The molecular formula is C18H10FN5. The number of fused-ring (bicyclic) bond motifs is 1. The van der Waals surface area contributed by atoms with E-state index in [1.54, 1.807) is 48.5 Å². The lowest BCUT2D eigenvalue weighted by Crippen LogP contribution is -1.91. The van der Waals surface area contributed by atoms with Crippen LogP contribution in [-0.4, -0.2) is 20.4 Å². The number of rotatable bonds is 2. The first-order valence-electron chi connectivity index (χ1n) is 7.23. The van der Waals surface area contributed by atoms with E-state index < -0.39 is 0 Å². The molecule has 0 saturated heterocycles. The van der Waals surface area contributed by atoms with Crippen molar-refractivity contribution in [3.8, 4) is 28.6 Å². The number of hydrogen-bond acceptors (Lipinski definition) is 4. The van der Waals surface area contributed by atoms with Crippen molar-refractivity contribution < 1.29 is 4.39 Å². The van der Waals surface area contributed by atoms with E-state index in [1.807, 2.05) is 0 Å². The minimum absolute atomic E-state index is 0.349. The first-order valence-corrected chi connectivity index (χ1v) is 7.23. The molecule has 0 fully saturated rings. The van der Waals surface area contributed by atoms with Crippen LogP contribution in [0.4, 0.5) is 4.39 Å². The second kappa shape index (κ2) is 5.56. The fraction of sp³-hybridized carbons (Fsp3) is 0. The van der Waals surface area contributed by atoms with Gasteiger partial charge in [-0.25, -0.2) is 4.39 Å². The molecule has 2 heterocycles. The SMILES string of the molecule is N#Cc1ccc(-c2n[nH]c3cc(-c4ccccc4F)nnc23)cc1. The fourth-order valence-corrected chi connectivity index (χ4v) is 2.53. The highest BCUT2D eigenvalue weighted by atomic mass is 19.1. The molecule has 24 heavy (non-hydrogen) atoms. The van der Waals surface area contributed by atoms with E-state index in [9.17, 15) is 4.39 Å². The van der Waals surface area contributed by atoms with Crippen molar-refractivity contribution in [2.24, 2.45) is 0 Å². The van der Waals surface area contributed by atoms with Gasteiger partial charge in [0.25, 0.3) is 0 Å². The van der Waals surface area contributed by atoms with Gasteiger partial charge in [0.05, 0.1) is 22.8 Å². The van der Waals surface area contributed by atoms with Gasteiger partial charge in [-0.2, -0.15) is 10.4 Å². The summed E-state index contributed by atoms with van der Waals surface area (Å²) in [6, 6.07) is 17.3. The summed E-state index contributed by atoms with van der Waals surface area (Å²) in [7, 11) is 0. The van der Waals surface area contributed by atoms with E-state index >= 15 is 0 Å². The van der Waals surface area contributed by atoms with Crippen LogP contribution >= 0.6 is 0 Å². The molecule has 2 aromatic heterocycles. The van der Waals surface area contributed by atoms with Gasteiger partial charge in [0.2, 0.25) is 0 Å². The molecule has 0 aliphatic rings. The minimum Gasteiger partial charge on any atom is -0.275 e. The van der Waals surface area contributed by atoms with Crippen molar-refractivity contribution in [3.63, 3.8) is 0 Å². The van der Waals surface area contributed by atoms with Gasteiger partial charge < -0.3 is 0 Å². The third-order valence-corrected chi connectivity index (χ3v) is 3.74. The Morgan fingerprint density at radius 2 is 1.79 bits per heavy atom. The van der Waals surface area contributed by atoms with E-state index in [1.165, 1.54) is 6.07 Å². The van der Waals surface area contributed by atoms with Crippen molar-refractivity contribution in [2.45, 2.75) is 0 Å². The maximum atomic E-state index is 13.9. The number of aromatic nitrogens is 4. The summed E-state index contributed by atoms with van der Waals surface area (Å²) in [5, 5.41) is 24.4. The molecule has 2 aromatic carbocycles. The summed E-state index contributed by atoms with van der Waals surface area (Å²) < 4.78 is 13.9. The number of hydrogen-bond donors (Lipinski definition) is 1. The number of H-pyrrole nitrogens is 1. The number of nitrogens with one attached hydrogen (secondary N) is 1. The third-order valence-electron chi connectivity index (χ3n) is 3.74. The topological polar surface area (TPSA) is 78.2 Å². The molecule has 1 N–H and O–H groups in total. The zero-order valence-electron chi connectivity index (χ0n) is 12.4. The van der Waals surface area contributed by atoms with Crippen molar-refractivity contribution in [2.75, 3.05) is 0 Å². The summed E-state index contributed by atoms with van der Waals surface area (Å²) in [4.78, 5) is 0. The Hall–Kier alpha value is -3.59. The zero-order valence-corrected chi connectivity index (χ0v) is 12.4. The van der Waals surface area contributed by atoms with Gasteiger partial charge in [0.1, 0.15) is 17.0 Å².